The Morgan fingerprint density at radius 2 is 1.88 bits per heavy atom. The number of hydrogen-bond acceptors (Lipinski definition) is 1. The van der Waals surface area contributed by atoms with Gasteiger partial charge in [0.2, 0.25) is 0 Å². The van der Waals surface area contributed by atoms with E-state index in [9.17, 15) is 0 Å². The summed E-state index contributed by atoms with van der Waals surface area (Å²) in [4.78, 5) is 2.45. The summed E-state index contributed by atoms with van der Waals surface area (Å²) < 4.78 is 0. The zero-order valence-electron chi connectivity index (χ0n) is 11.9. The van der Waals surface area contributed by atoms with Crippen LogP contribution in [0.4, 0.5) is 0 Å². The third-order valence-corrected chi connectivity index (χ3v) is 4.40. The summed E-state index contributed by atoms with van der Waals surface area (Å²) in [5.74, 6) is 0.438. The summed E-state index contributed by atoms with van der Waals surface area (Å²) in [6, 6.07) is 0. The van der Waals surface area contributed by atoms with Gasteiger partial charge in [0, 0.05) is 5.54 Å². The lowest BCUT2D eigenvalue weighted by Gasteiger charge is -2.42. The van der Waals surface area contributed by atoms with E-state index in [1.807, 2.05) is 0 Å². The predicted molar refractivity (Wildman–Crippen MR) is 77.8 cm³/mol. The van der Waals surface area contributed by atoms with Crippen molar-refractivity contribution in [1.29, 1.82) is 0 Å². The highest BCUT2D eigenvalue weighted by Gasteiger charge is 2.37. The van der Waals surface area contributed by atoms with Crippen LogP contribution in [0, 0.1) is 0 Å². The molecular weight excluding hydrogens is 204 g/mol. The maximum Gasteiger partial charge on any atom is 0.0910 e. The van der Waals surface area contributed by atoms with Crippen LogP contribution in [0.25, 0.3) is 0 Å². The average molecular weight is 231 g/mol. The Morgan fingerprint density at radius 1 is 1.18 bits per heavy atom. The molecule has 0 bridgehead atoms. The van der Waals surface area contributed by atoms with Crippen LogP contribution in [0.15, 0.2) is 0 Å². The van der Waals surface area contributed by atoms with Gasteiger partial charge in [0.25, 0.3) is 0 Å². The Balaban J connectivity index is 2.49. The molecule has 0 amide bonds. The number of nitrogens with zero attached hydrogens (tertiary/aromatic N) is 1. The van der Waals surface area contributed by atoms with Gasteiger partial charge in [-0.2, -0.15) is 0 Å². The fourth-order valence-electron chi connectivity index (χ4n) is 2.98. The van der Waals surface area contributed by atoms with Gasteiger partial charge in [-0.25, -0.2) is 0 Å². The number of hydrogen-bond donors (Lipinski definition) is 0. The molecule has 94 valence electrons. The lowest BCUT2D eigenvalue weighted by atomic mass is 9.81. The molecule has 1 saturated heterocycles. The van der Waals surface area contributed by atoms with Crippen LogP contribution in [-0.2, 0) is 0 Å². The molecule has 3 heteroatoms. The molecule has 3 atom stereocenters. The van der Waals surface area contributed by atoms with Gasteiger partial charge in [-0.05, 0) is 38.7 Å². The summed E-state index contributed by atoms with van der Waals surface area (Å²) in [6.07, 6.45) is 8.69. The van der Waals surface area contributed by atoms with Crippen LogP contribution in [0.5, 0.6) is 0 Å². The Kier molecular flexibility index (Phi) is 6.12. The van der Waals surface area contributed by atoms with Crippen molar-refractivity contribution in [2.24, 2.45) is 0 Å². The molecule has 1 aliphatic heterocycles. The van der Waals surface area contributed by atoms with Gasteiger partial charge >= 0.3 is 0 Å². The van der Waals surface area contributed by atoms with Crippen LogP contribution in [0.1, 0.15) is 65.7 Å². The quantitative estimate of drug-likeness (QED) is 0.480. The van der Waals surface area contributed by atoms with Crippen LogP contribution in [-0.4, -0.2) is 38.6 Å². The third kappa shape index (κ3) is 4.05. The minimum Gasteiger partial charge on any atom is -0.304 e. The summed E-state index contributed by atoms with van der Waals surface area (Å²) in [6.45, 7) is 7.86. The second kappa shape index (κ2) is 6.87. The lowest BCUT2D eigenvalue weighted by Crippen LogP contribution is -2.48. The van der Waals surface area contributed by atoms with E-state index in [-0.39, 0.29) is 17.3 Å². The molecule has 1 nitrogen and oxygen atoms in total. The Hall–Kier alpha value is 0.0899. The second-order valence-corrected chi connectivity index (χ2v) is 5.88. The van der Waals surface area contributed by atoms with E-state index in [2.05, 4.69) is 25.7 Å². The van der Waals surface area contributed by atoms with Crippen molar-refractivity contribution in [1.82, 2.24) is 4.90 Å². The largest absolute Gasteiger partial charge is 0.304 e. The summed E-state index contributed by atoms with van der Waals surface area (Å²) in [7, 11) is 12.2. The van der Waals surface area contributed by atoms with Crippen molar-refractivity contribution in [3.05, 3.63) is 0 Å². The van der Waals surface area contributed by atoms with Crippen LogP contribution >= 0.6 is 0 Å². The number of likely N-dealkylation sites (tertiary alicyclic amines) is 1. The molecule has 1 fully saturated rings. The molecule has 1 rings (SSSR count). The first-order valence-electron chi connectivity index (χ1n) is 7.31. The first-order chi connectivity index (χ1) is 8.03. The fourth-order valence-corrected chi connectivity index (χ4v) is 2.98. The highest BCUT2D eigenvalue weighted by atomic mass is 15.2. The van der Waals surface area contributed by atoms with E-state index >= 15 is 0 Å². The zero-order chi connectivity index (χ0) is 12.9. The Labute approximate surface area is 111 Å². The van der Waals surface area contributed by atoms with Crippen LogP contribution < -0.4 is 0 Å². The highest BCUT2D eigenvalue weighted by Crippen LogP contribution is 2.35. The molecule has 0 aromatic carbocycles. The van der Waals surface area contributed by atoms with Crippen LogP contribution in [0.2, 0.25) is 5.82 Å². The van der Waals surface area contributed by atoms with Gasteiger partial charge in [0.1, 0.15) is 0 Å². The van der Waals surface area contributed by atoms with Crippen LogP contribution in [0.3, 0.4) is 0 Å². The topological polar surface area (TPSA) is 3.24 Å². The maximum atomic E-state index is 6.21. The monoisotopic (exact) mass is 231 g/mol. The predicted octanol–water partition coefficient (Wildman–Crippen LogP) is 3.28. The standard InChI is InChI=1S/C14H27B2N/c1-4-6-7-8-9-14(3,5-2)17-11-12(15)10-13(17)16/h12-13H,4-11H2,1-3H3. The molecule has 0 spiro atoms. The molecule has 3 unspecified atom stereocenters. The molecule has 1 heterocycles. The van der Waals surface area contributed by atoms with Gasteiger partial charge in [0.15, 0.2) is 0 Å². The normalized spacial score (nSPS) is 29.4. The van der Waals surface area contributed by atoms with E-state index in [1.54, 1.807) is 0 Å². The average Bonchev–Trinajstić information content (AvgIpc) is 2.64. The highest BCUT2D eigenvalue weighted by molar-refractivity contribution is 6.15. The minimum atomic E-state index is 0.168. The van der Waals surface area contributed by atoms with Crippen molar-refractivity contribution in [3.63, 3.8) is 0 Å². The Bertz CT molecular complexity index is 222. The van der Waals surface area contributed by atoms with Crippen molar-refractivity contribution < 1.29 is 0 Å². The first-order valence-corrected chi connectivity index (χ1v) is 7.31. The van der Waals surface area contributed by atoms with Crippen molar-refractivity contribution >= 4 is 15.7 Å². The molecule has 0 aromatic rings. The minimum absolute atomic E-state index is 0.168. The van der Waals surface area contributed by atoms with E-state index < -0.39 is 0 Å². The van der Waals surface area contributed by atoms with E-state index in [0.717, 1.165) is 13.0 Å². The third-order valence-electron chi connectivity index (χ3n) is 4.40. The van der Waals surface area contributed by atoms with Crippen molar-refractivity contribution in [2.75, 3.05) is 6.54 Å². The van der Waals surface area contributed by atoms with Gasteiger partial charge in [-0.1, -0.05) is 45.3 Å². The molecule has 0 aromatic heterocycles. The van der Waals surface area contributed by atoms with Crippen molar-refractivity contribution in [2.45, 2.75) is 83.0 Å². The molecule has 4 radical (unpaired) electrons. The summed E-state index contributed by atoms with van der Waals surface area (Å²) >= 11 is 0. The molecule has 0 aliphatic carbocycles. The van der Waals surface area contributed by atoms with E-state index in [0.29, 0.717) is 0 Å². The lowest BCUT2D eigenvalue weighted by molar-refractivity contribution is 0.102. The van der Waals surface area contributed by atoms with Gasteiger partial charge in [0.05, 0.1) is 15.7 Å². The maximum absolute atomic E-state index is 6.21. The van der Waals surface area contributed by atoms with Gasteiger partial charge in [-0.15, -0.1) is 0 Å². The molecular formula is C14H27B2N. The zero-order valence-corrected chi connectivity index (χ0v) is 11.9. The van der Waals surface area contributed by atoms with E-state index in [4.69, 9.17) is 15.7 Å². The summed E-state index contributed by atoms with van der Waals surface area (Å²) in [5, 5.41) is 0. The molecule has 17 heavy (non-hydrogen) atoms. The fraction of sp³-hybridized carbons (Fsp3) is 1.00. The molecule has 1 aliphatic rings. The SMILES string of the molecule is [B]C1CC([B])N(C(C)(CC)CCCCCC)C1. The first kappa shape index (κ1) is 15.1. The van der Waals surface area contributed by atoms with Gasteiger partial charge < -0.3 is 4.90 Å². The second-order valence-electron chi connectivity index (χ2n) is 5.88. The molecule has 0 saturated carbocycles. The number of rotatable bonds is 7. The van der Waals surface area contributed by atoms with E-state index in [1.165, 1.54) is 38.5 Å². The Morgan fingerprint density at radius 3 is 2.35 bits per heavy atom. The van der Waals surface area contributed by atoms with Gasteiger partial charge in [-0.3, -0.25) is 0 Å². The molecule has 0 N–H and O–H groups in total. The van der Waals surface area contributed by atoms with Crippen molar-refractivity contribution in [3.8, 4) is 0 Å². The smallest absolute Gasteiger partial charge is 0.0910 e. The summed E-state index contributed by atoms with van der Waals surface area (Å²) in [5.41, 5.74) is 0.251. The number of unbranched alkanes of at least 4 members (excludes halogenated alkanes) is 3.